The minimum absolute atomic E-state index is 0.279. The highest BCUT2D eigenvalue weighted by Crippen LogP contribution is 2.25. The lowest BCUT2D eigenvalue weighted by molar-refractivity contribution is 0.102. The summed E-state index contributed by atoms with van der Waals surface area (Å²) < 4.78 is 5.08. The first kappa shape index (κ1) is 13.2. The number of ether oxygens (including phenoxy) is 1. The van der Waals surface area contributed by atoms with Gasteiger partial charge in [0.1, 0.15) is 5.75 Å². The van der Waals surface area contributed by atoms with Crippen LogP contribution in [-0.2, 0) is 0 Å². The molecule has 0 aliphatic rings. The Morgan fingerprint density at radius 2 is 2.21 bits per heavy atom. The molecule has 0 saturated heterocycles. The van der Waals surface area contributed by atoms with Gasteiger partial charge in [0.15, 0.2) is 0 Å². The molecule has 1 amide bonds. The highest BCUT2D eigenvalue weighted by Gasteiger charge is 2.12. The largest absolute Gasteiger partial charge is 0.497 e. The Balaban J connectivity index is 2.26. The number of pyridine rings is 1. The Hall–Kier alpha value is -2.27. The quantitative estimate of drug-likeness (QED) is 0.846. The molecule has 1 aromatic carbocycles. The van der Waals surface area contributed by atoms with Gasteiger partial charge in [-0.25, -0.2) is 0 Å². The minimum Gasteiger partial charge on any atom is -0.497 e. The van der Waals surface area contributed by atoms with Crippen LogP contribution in [0.5, 0.6) is 5.75 Å². The topological polar surface area (TPSA) is 77.2 Å². The summed E-state index contributed by atoms with van der Waals surface area (Å²) in [5.74, 6) is 0.248. The van der Waals surface area contributed by atoms with Crippen molar-refractivity contribution in [2.24, 2.45) is 0 Å². The van der Waals surface area contributed by atoms with Gasteiger partial charge in [-0.1, -0.05) is 11.6 Å². The van der Waals surface area contributed by atoms with E-state index in [0.29, 0.717) is 22.7 Å². The molecule has 2 aromatic rings. The summed E-state index contributed by atoms with van der Waals surface area (Å²) in [4.78, 5) is 15.9. The maximum absolute atomic E-state index is 12.1. The van der Waals surface area contributed by atoms with Gasteiger partial charge in [-0.05, 0) is 18.2 Å². The van der Waals surface area contributed by atoms with Crippen LogP contribution >= 0.6 is 11.6 Å². The third-order valence-corrected chi connectivity index (χ3v) is 2.83. The summed E-state index contributed by atoms with van der Waals surface area (Å²) in [6, 6.07) is 6.55. The zero-order valence-electron chi connectivity index (χ0n) is 10.2. The molecule has 0 aliphatic carbocycles. The molecule has 1 aromatic heterocycles. The normalized spacial score (nSPS) is 10.0. The molecule has 98 valence electrons. The first-order valence-corrected chi connectivity index (χ1v) is 5.84. The van der Waals surface area contributed by atoms with Crippen LogP contribution in [0.3, 0.4) is 0 Å². The molecule has 2 rings (SSSR count). The van der Waals surface area contributed by atoms with Crippen molar-refractivity contribution in [1.82, 2.24) is 4.98 Å². The highest BCUT2D eigenvalue weighted by atomic mass is 35.5. The summed E-state index contributed by atoms with van der Waals surface area (Å²) in [5.41, 5.74) is 7.04. The molecule has 19 heavy (non-hydrogen) atoms. The van der Waals surface area contributed by atoms with Crippen LogP contribution in [0, 0.1) is 0 Å². The van der Waals surface area contributed by atoms with E-state index in [1.54, 1.807) is 18.2 Å². The van der Waals surface area contributed by atoms with Gasteiger partial charge in [-0.2, -0.15) is 0 Å². The van der Waals surface area contributed by atoms with Crippen LogP contribution in [0.2, 0.25) is 5.02 Å². The summed E-state index contributed by atoms with van der Waals surface area (Å²) >= 11 is 5.90. The van der Waals surface area contributed by atoms with E-state index in [-0.39, 0.29) is 10.9 Å². The molecule has 5 nitrogen and oxygen atoms in total. The van der Waals surface area contributed by atoms with Gasteiger partial charge in [0.2, 0.25) is 0 Å². The van der Waals surface area contributed by atoms with Gasteiger partial charge >= 0.3 is 0 Å². The molecule has 0 bridgehead atoms. The zero-order valence-corrected chi connectivity index (χ0v) is 10.9. The van der Waals surface area contributed by atoms with Crippen LogP contribution < -0.4 is 15.8 Å². The lowest BCUT2D eigenvalue weighted by Gasteiger charge is -2.10. The fourth-order valence-corrected chi connectivity index (χ4v) is 1.72. The molecule has 1 heterocycles. The Morgan fingerprint density at radius 1 is 1.42 bits per heavy atom. The summed E-state index contributed by atoms with van der Waals surface area (Å²) in [6.07, 6.45) is 2.90. The Morgan fingerprint density at radius 3 is 2.89 bits per heavy atom. The number of aromatic nitrogens is 1. The third kappa shape index (κ3) is 2.95. The average molecular weight is 278 g/mol. The van der Waals surface area contributed by atoms with Gasteiger partial charge in [-0.3, -0.25) is 9.78 Å². The number of benzene rings is 1. The first-order valence-electron chi connectivity index (χ1n) is 5.46. The molecule has 0 atom stereocenters. The van der Waals surface area contributed by atoms with E-state index in [9.17, 15) is 4.79 Å². The molecule has 0 unspecified atom stereocenters. The number of nitrogens with zero attached hydrogens (tertiary/aromatic N) is 1. The van der Waals surface area contributed by atoms with Crippen molar-refractivity contribution in [3.05, 3.63) is 47.2 Å². The number of nitrogens with two attached hydrogens (primary N) is 1. The molecule has 0 fully saturated rings. The van der Waals surface area contributed by atoms with Crippen LogP contribution in [0.1, 0.15) is 10.4 Å². The summed E-state index contributed by atoms with van der Waals surface area (Å²) in [7, 11) is 1.54. The molecule has 0 aliphatic heterocycles. The van der Waals surface area contributed by atoms with E-state index in [4.69, 9.17) is 22.1 Å². The van der Waals surface area contributed by atoms with Crippen LogP contribution in [-0.4, -0.2) is 18.0 Å². The Bertz CT molecular complexity index is 617. The smallest absolute Gasteiger partial charge is 0.257 e. The van der Waals surface area contributed by atoms with Crippen molar-refractivity contribution in [3.8, 4) is 5.75 Å². The lowest BCUT2D eigenvalue weighted by atomic mass is 10.2. The van der Waals surface area contributed by atoms with Crippen molar-refractivity contribution in [2.45, 2.75) is 0 Å². The van der Waals surface area contributed by atoms with Crippen LogP contribution in [0.15, 0.2) is 36.7 Å². The van der Waals surface area contributed by atoms with Crippen molar-refractivity contribution < 1.29 is 9.53 Å². The molecular weight excluding hydrogens is 266 g/mol. The molecular formula is C13H12ClN3O2. The first-order chi connectivity index (χ1) is 9.11. The van der Waals surface area contributed by atoms with Crippen molar-refractivity contribution in [2.75, 3.05) is 18.2 Å². The number of halogens is 1. The van der Waals surface area contributed by atoms with Crippen molar-refractivity contribution >= 4 is 28.9 Å². The molecule has 3 N–H and O–H groups in total. The predicted octanol–water partition coefficient (Wildman–Crippen LogP) is 2.58. The van der Waals surface area contributed by atoms with Gasteiger partial charge in [0.05, 0.1) is 29.1 Å². The molecule has 0 saturated carbocycles. The van der Waals surface area contributed by atoms with Gasteiger partial charge < -0.3 is 15.8 Å². The monoisotopic (exact) mass is 277 g/mol. The van der Waals surface area contributed by atoms with Gasteiger partial charge in [-0.15, -0.1) is 0 Å². The third-order valence-electron chi connectivity index (χ3n) is 2.53. The molecule has 0 spiro atoms. The maximum Gasteiger partial charge on any atom is 0.257 e. The van der Waals surface area contributed by atoms with Crippen molar-refractivity contribution in [1.29, 1.82) is 0 Å². The van der Waals surface area contributed by atoms with E-state index in [2.05, 4.69) is 10.3 Å². The number of nitrogens with one attached hydrogen (secondary N) is 1. The zero-order chi connectivity index (χ0) is 13.8. The van der Waals surface area contributed by atoms with Gasteiger partial charge in [0, 0.05) is 18.5 Å². The second-order valence-electron chi connectivity index (χ2n) is 3.76. The second kappa shape index (κ2) is 5.58. The number of hydrogen-bond acceptors (Lipinski definition) is 4. The highest BCUT2D eigenvalue weighted by molar-refractivity contribution is 6.34. The van der Waals surface area contributed by atoms with Crippen LogP contribution in [0.25, 0.3) is 0 Å². The number of nitrogen functional groups attached to an aromatic ring is 1. The summed E-state index contributed by atoms with van der Waals surface area (Å²) in [6.45, 7) is 0. The number of amides is 1. The number of carbonyl (C=O) groups is 1. The van der Waals surface area contributed by atoms with Crippen LogP contribution in [0.4, 0.5) is 11.4 Å². The van der Waals surface area contributed by atoms with E-state index in [0.717, 1.165) is 0 Å². The number of methoxy groups -OCH3 is 1. The van der Waals surface area contributed by atoms with E-state index < -0.39 is 0 Å². The van der Waals surface area contributed by atoms with Gasteiger partial charge in [0.25, 0.3) is 5.91 Å². The fraction of sp³-hybridized carbons (Fsp3) is 0.0769. The number of rotatable bonds is 3. The molecule has 6 heteroatoms. The number of anilines is 2. The summed E-state index contributed by atoms with van der Waals surface area (Å²) in [5, 5.41) is 2.97. The minimum atomic E-state index is -0.354. The standard InChI is InChI=1S/C13H12ClN3O2/c1-19-8-2-3-11(15)12(6-8)17-13(18)9-4-5-16-7-10(9)14/h2-7H,15H2,1H3,(H,17,18). The Labute approximate surface area is 115 Å². The van der Waals surface area contributed by atoms with Crippen molar-refractivity contribution in [3.63, 3.8) is 0 Å². The van der Waals surface area contributed by atoms with E-state index >= 15 is 0 Å². The molecule has 0 radical (unpaired) electrons. The average Bonchev–Trinajstić information content (AvgIpc) is 2.41. The number of hydrogen-bond donors (Lipinski definition) is 2. The lowest BCUT2D eigenvalue weighted by Crippen LogP contribution is -2.13. The Kier molecular flexibility index (Phi) is 3.87. The SMILES string of the molecule is COc1ccc(N)c(NC(=O)c2ccncc2Cl)c1. The van der Waals surface area contributed by atoms with E-state index in [1.165, 1.54) is 25.6 Å². The fourth-order valence-electron chi connectivity index (χ4n) is 1.52. The maximum atomic E-state index is 12.1. The second-order valence-corrected chi connectivity index (χ2v) is 4.17. The predicted molar refractivity (Wildman–Crippen MR) is 74.6 cm³/mol. The number of carbonyl (C=O) groups excluding carboxylic acids is 1. The van der Waals surface area contributed by atoms with E-state index in [1.807, 2.05) is 0 Å².